The molecule has 2 heterocycles. The SMILES string of the molecule is NC(=O)C1COCCN1C(=O)N1CCC[C@H]1C(=O)O. The number of nitrogens with zero attached hydrogens (tertiary/aromatic N) is 2. The highest BCUT2D eigenvalue weighted by Gasteiger charge is 2.40. The quantitative estimate of drug-likeness (QED) is 0.657. The maximum atomic E-state index is 12.4. The Kier molecular flexibility index (Phi) is 3.89. The van der Waals surface area contributed by atoms with Gasteiger partial charge in [-0.2, -0.15) is 0 Å². The van der Waals surface area contributed by atoms with Gasteiger partial charge in [0.15, 0.2) is 0 Å². The average Bonchev–Trinajstić information content (AvgIpc) is 2.87. The molecule has 19 heavy (non-hydrogen) atoms. The average molecular weight is 271 g/mol. The number of hydrogen-bond acceptors (Lipinski definition) is 4. The van der Waals surface area contributed by atoms with Crippen LogP contribution in [0.2, 0.25) is 0 Å². The van der Waals surface area contributed by atoms with Crippen molar-refractivity contribution in [3.05, 3.63) is 0 Å². The lowest BCUT2D eigenvalue weighted by Gasteiger charge is -2.37. The summed E-state index contributed by atoms with van der Waals surface area (Å²) in [7, 11) is 0. The van der Waals surface area contributed by atoms with Gasteiger partial charge in [-0.25, -0.2) is 9.59 Å². The first-order chi connectivity index (χ1) is 9.02. The van der Waals surface area contributed by atoms with Crippen molar-refractivity contribution in [1.82, 2.24) is 9.80 Å². The number of ether oxygens (including phenoxy) is 1. The van der Waals surface area contributed by atoms with E-state index in [1.54, 1.807) is 0 Å². The van der Waals surface area contributed by atoms with Crippen LogP contribution in [0.1, 0.15) is 12.8 Å². The standard InChI is InChI=1S/C11H17N3O5/c12-9(15)8-6-19-5-4-14(8)11(18)13-3-1-2-7(13)10(16)17/h7-8H,1-6H2,(H2,12,15)(H,16,17)/t7-,8?/m0/s1. The van der Waals surface area contributed by atoms with Crippen molar-refractivity contribution < 1.29 is 24.2 Å². The van der Waals surface area contributed by atoms with E-state index in [1.165, 1.54) is 9.80 Å². The van der Waals surface area contributed by atoms with Gasteiger partial charge in [0.25, 0.3) is 0 Å². The van der Waals surface area contributed by atoms with Crippen LogP contribution in [0.3, 0.4) is 0 Å². The van der Waals surface area contributed by atoms with Crippen molar-refractivity contribution in [3.63, 3.8) is 0 Å². The molecular formula is C11H17N3O5. The molecule has 0 aliphatic carbocycles. The third kappa shape index (κ3) is 2.62. The number of rotatable bonds is 2. The first-order valence-electron chi connectivity index (χ1n) is 6.19. The molecule has 0 saturated carbocycles. The van der Waals surface area contributed by atoms with E-state index < -0.39 is 30.0 Å². The summed E-state index contributed by atoms with van der Waals surface area (Å²) < 4.78 is 5.13. The summed E-state index contributed by atoms with van der Waals surface area (Å²) in [5.41, 5.74) is 5.24. The Hall–Kier alpha value is -1.83. The number of carboxylic acids is 1. The molecule has 0 aromatic heterocycles. The van der Waals surface area contributed by atoms with Gasteiger partial charge in [-0.05, 0) is 12.8 Å². The van der Waals surface area contributed by atoms with Gasteiger partial charge in [0, 0.05) is 13.1 Å². The minimum absolute atomic E-state index is 0.0622. The topological polar surface area (TPSA) is 113 Å². The van der Waals surface area contributed by atoms with Crippen LogP contribution in [0.15, 0.2) is 0 Å². The summed E-state index contributed by atoms with van der Waals surface area (Å²) in [6, 6.07) is -2.09. The van der Waals surface area contributed by atoms with Crippen LogP contribution in [0.4, 0.5) is 4.79 Å². The number of primary amides is 1. The van der Waals surface area contributed by atoms with Gasteiger partial charge in [0.05, 0.1) is 13.2 Å². The number of urea groups is 1. The van der Waals surface area contributed by atoms with Crippen molar-refractivity contribution in [2.45, 2.75) is 24.9 Å². The fraction of sp³-hybridized carbons (Fsp3) is 0.727. The number of amides is 3. The van der Waals surface area contributed by atoms with Crippen LogP contribution in [0.25, 0.3) is 0 Å². The largest absolute Gasteiger partial charge is 0.480 e. The molecular weight excluding hydrogens is 254 g/mol. The molecule has 0 aromatic carbocycles. The Labute approximate surface area is 110 Å². The Balaban J connectivity index is 2.13. The van der Waals surface area contributed by atoms with Crippen LogP contribution in [-0.2, 0) is 14.3 Å². The smallest absolute Gasteiger partial charge is 0.326 e. The monoisotopic (exact) mass is 271 g/mol. The molecule has 2 atom stereocenters. The second-order valence-corrected chi connectivity index (χ2v) is 4.66. The molecule has 2 fully saturated rings. The molecule has 0 spiro atoms. The fourth-order valence-corrected chi connectivity index (χ4v) is 2.49. The van der Waals surface area contributed by atoms with E-state index in [1.807, 2.05) is 0 Å². The maximum absolute atomic E-state index is 12.4. The number of carboxylic acid groups (broad SMARTS) is 1. The zero-order valence-corrected chi connectivity index (χ0v) is 10.4. The Morgan fingerprint density at radius 1 is 1.16 bits per heavy atom. The number of carbonyl (C=O) groups is 3. The number of carbonyl (C=O) groups excluding carboxylic acids is 2. The number of aliphatic carboxylic acids is 1. The van der Waals surface area contributed by atoms with Crippen LogP contribution in [-0.4, -0.2) is 71.2 Å². The minimum Gasteiger partial charge on any atom is -0.480 e. The molecule has 0 aromatic rings. The molecule has 8 nitrogen and oxygen atoms in total. The van der Waals surface area contributed by atoms with Crippen molar-refractivity contribution in [2.75, 3.05) is 26.3 Å². The Bertz CT molecular complexity index is 400. The van der Waals surface area contributed by atoms with E-state index >= 15 is 0 Å². The zero-order chi connectivity index (χ0) is 14.0. The van der Waals surface area contributed by atoms with Crippen LogP contribution in [0.5, 0.6) is 0 Å². The normalized spacial score (nSPS) is 27.4. The van der Waals surface area contributed by atoms with Crippen molar-refractivity contribution >= 4 is 17.9 Å². The van der Waals surface area contributed by atoms with Crippen molar-refractivity contribution in [1.29, 1.82) is 0 Å². The molecule has 2 aliphatic rings. The summed E-state index contributed by atoms with van der Waals surface area (Å²) >= 11 is 0. The summed E-state index contributed by atoms with van der Waals surface area (Å²) in [5, 5.41) is 9.08. The summed E-state index contributed by atoms with van der Waals surface area (Å²) in [5.74, 6) is -1.66. The molecule has 1 unspecified atom stereocenters. The minimum atomic E-state index is -1.02. The van der Waals surface area contributed by atoms with Crippen LogP contribution >= 0.6 is 0 Å². The van der Waals surface area contributed by atoms with Gasteiger partial charge < -0.3 is 25.4 Å². The second-order valence-electron chi connectivity index (χ2n) is 4.66. The number of morpholine rings is 1. The molecule has 8 heteroatoms. The first-order valence-corrected chi connectivity index (χ1v) is 6.19. The van der Waals surface area contributed by atoms with Gasteiger partial charge in [-0.3, -0.25) is 4.79 Å². The van der Waals surface area contributed by atoms with Gasteiger partial charge in [-0.1, -0.05) is 0 Å². The Morgan fingerprint density at radius 3 is 2.47 bits per heavy atom. The molecule has 3 amide bonds. The molecule has 2 aliphatic heterocycles. The summed E-state index contributed by atoms with van der Waals surface area (Å²) in [6.45, 7) is 1.02. The van der Waals surface area contributed by atoms with Gasteiger partial charge >= 0.3 is 12.0 Å². The Morgan fingerprint density at radius 2 is 1.84 bits per heavy atom. The van der Waals surface area contributed by atoms with Gasteiger partial charge in [-0.15, -0.1) is 0 Å². The number of likely N-dealkylation sites (tertiary alicyclic amines) is 1. The molecule has 3 N–H and O–H groups in total. The highest BCUT2D eigenvalue weighted by atomic mass is 16.5. The second kappa shape index (κ2) is 5.43. The molecule has 2 saturated heterocycles. The molecule has 0 bridgehead atoms. The van der Waals surface area contributed by atoms with Crippen molar-refractivity contribution in [3.8, 4) is 0 Å². The fourth-order valence-electron chi connectivity index (χ4n) is 2.49. The van der Waals surface area contributed by atoms with E-state index in [4.69, 9.17) is 15.6 Å². The number of hydrogen-bond donors (Lipinski definition) is 2. The predicted molar refractivity (Wildman–Crippen MR) is 63.3 cm³/mol. The van der Waals surface area contributed by atoms with E-state index in [2.05, 4.69) is 0 Å². The summed E-state index contributed by atoms with van der Waals surface area (Å²) in [6.07, 6.45) is 1.08. The molecule has 0 radical (unpaired) electrons. The maximum Gasteiger partial charge on any atom is 0.326 e. The van der Waals surface area contributed by atoms with Gasteiger partial charge in [0.2, 0.25) is 5.91 Å². The third-order valence-corrected chi connectivity index (χ3v) is 3.49. The van der Waals surface area contributed by atoms with E-state index in [0.29, 0.717) is 26.0 Å². The van der Waals surface area contributed by atoms with Crippen LogP contribution in [0, 0.1) is 0 Å². The number of nitrogens with two attached hydrogens (primary N) is 1. The molecule has 2 rings (SSSR count). The van der Waals surface area contributed by atoms with Gasteiger partial charge in [0.1, 0.15) is 12.1 Å². The lowest BCUT2D eigenvalue weighted by atomic mass is 10.2. The molecule has 106 valence electrons. The lowest BCUT2D eigenvalue weighted by molar-refractivity contribution is -0.141. The first kappa shape index (κ1) is 13.6. The predicted octanol–water partition coefficient (Wildman–Crippen LogP) is -1.16. The van der Waals surface area contributed by atoms with Crippen LogP contribution < -0.4 is 5.73 Å². The summed E-state index contributed by atoms with van der Waals surface area (Å²) in [4.78, 5) is 37.4. The van der Waals surface area contributed by atoms with E-state index in [-0.39, 0.29) is 13.2 Å². The van der Waals surface area contributed by atoms with Crippen molar-refractivity contribution in [2.24, 2.45) is 5.73 Å². The highest BCUT2D eigenvalue weighted by Crippen LogP contribution is 2.21. The lowest BCUT2D eigenvalue weighted by Crippen LogP contribution is -2.59. The zero-order valence-electron chi connectivity index (χ0n) is 10.4. The third-order valence-electron chi connectivity index (χ3n) is 3.49. The van der Waals surface area contributed by atoms with E-state index in [0.717, 1.165) is 0 Å². The van der Waals surface area contributed by atoms with E-state index in [9.17, 15) is 14.4 Å². The highest BCUT2D eigenvalue weighted by molar-refractivity contribution is 5.88.